The van der Waals surface area contributed by atoms with Gasteiger partial charge in [-0.2, -0.15) is 0 Å². The number of aryl methyl sites for hydroxylation is 1. The number of carboxylic acid groups (broad SMARTS) is 1. The molecule has 6 heteroatoms. The number of hydrogen-bond acceptors (Lipinski definition) is 5. The second kappa shape index (κ2) is 7.38. The van der Waals surface area contributed by atoms with Crippen LogP contribution in [0, 0.1) is 13.8 Å². The molecule has 0 amide bonds. The van der Waals surface area contributed by atoms with Crippen molar-refractivity contribution in [3.05, 3.63) is 65.2 Å². The SMILES string of the molecule is Cc1cccc(N2CCN(c3noc(-c4ccccc4)c3C(=O)O)CC2)c1C. The van der Waals surface area contributed by atoms with Gasteiger partial charge in [-0.1, -0.05) is 47.6 Å². The van der Waals surface area contributed by atoms with E-state index in [0.29, 0.717) is 30.2 Å². The zero-order valence-corrected chi connectivity index (χ0v) is 16.1. The highest BCUT2D eigenvalue weighted by atomic mass is 16.5. The summed E-state index contributed by atoms with van der Waals surface area (Å²) in [6.07, 6.45) is 0. The first-order valence-electron chi connectivity index (χ1n) is 9.40. The Morgan fingerprint density at radius 3 is 2.32 bits per heavy atom. The summed E-state index contributed by atoms with van der Waals surface area (Å²) < 4.78 is 5.46. The van der Waals surface area contributed by atoms with Gasteiger partial charge in [0.05, 0.1) is 0 Å². The van der Waals surface area contributed by atoms with Gasteiger partial charge in [-0.3, -0.25) is 0 Å². The van der Waals surface area contributed by atoms with Crippen molar-refractivity contribution in [1.29, 1.82) is 0 Å². The number of aromatic nitrogens is 1. The van der Waals surface area contributed by atoms with Crippen molar-refractivity contribution in [1.82, 2.24) is 5.16 Å². The van der Waals surface area contributed by atoms with Gasteiger partial charge in [-0.05, 0) is 31.0 Å². The molecule has 1 aliphatic heterocycles. The van der Waals surface area contributed by atoms with Gasteiger partial charge in [-0.15, -0.1) is 0 Å². The summed E-state index contributed by atoms with van der Waals surface area (Å²) in [7, 11) is 0. The largest absolute Gasteiger partial charge is 0.477 e. The number of carboxylic acids is 1. The molecule has 2 heterocycles. The van der Waals surface area contributed by atoms with Crippen LogP contribution in [0.5, 0.6) is 0 Å². The molecule has 1 fully saturated rings. The quantitative estimate of drug-likeness (QED) is 0.742. The minimum absolute atomic E-state index is 0.131. The van der Waals surface area contributed by atoms with Crippen molar-refractivity contribution in [2.75, 3.05) is 36.0 Å². The van der Waals surface area contributed by atoms with Crippen LogP contribution >= 0.6 is 0 Å². The Kier molecular flexibility index (Phi) is 4.77. The van der Waals surface area contributed by atoms with Gasteiger partial charge >= 0.3 is 5.97 Å². The second-order valence-electron chi connectivity index (χ2n) is 7.07. The van der Waals surface area contributed by atoms with Crippen molar-refractivity contribution in [3.63, 3.8) is 0 Å². The molecule has 0 atom stereocenters. The summed E-state index contributed by atoms with van der Waals surface area (Å²) in [5.41, 5.74) is 4.65. The van der Waals surface area contributed by atoms with Crippen LogP contribution in [0.1, 0.15) is 21.5 Å². The Morgan fingerprint density at radius 2 is 1.64 bits per heavy atom. The van der Waals surface area contributed by atoms with E-state index in [-0.39, 0.29) is 5.56 Å². The highest BCUT2D eigenvalue weighted by Gasteiger charge is 2.29. The molecule has 1 aliphatic rings. The van der Waals surface area contributed by atoms with Gasteiger partial charge in [-0.25, -0.2) is 4.79 Å². The van der Waals surface area contributed by atoms with Crippen LogP contribution in [0.3, 0.4) is 0 Å². The summed E-state index contributed by atoms with van der Waals surface area (Å²) in [6.45, 7) is 7.24. The predicted octanol–water partition coefficient (Wildman–Crippen LogP) is 3.98. The number of rotatable bonds is 4. The zero-order chi connectivity index (χ0) is 19.7. The Morgan fingerprint density at radius 1 is 0.964 bits per heavy atom. The molecule has 0 saturated carbocycles. The van der Waals surface area contributed by atoms with Gasteiger partial charge in [0.25, 0.3) is 0 Å². The third-order valence-corrected chi connectivity index (χ3v) is 5.42. The average molecular weight is 377 g/mol. The Bertz CT molecular complexity index is 990. The number of aromatic carboxylic acids is 1. The normalized spacial score (nSPS) is 14.4. The molecule has 1 N–H and O–H groups in total. The standard InChI is InChI=1S/C22H23N3O3/c1-15-7-6-10-18(16(15)2)24-11-13-25(14-12-24)21-19(22(26)27)20(28-23-21)17-8-4-3-5-9-17/h3-10H,11-14H2,1-2H3,(H,26,27). The molecule has 144 valence electrons. The van der Waals surface area contributed by atoms with E-state index in [0.717, 1.165) is 13.1 Å². The lowest BCUT2D eigenvalue weighted by atomic mass is 10.1. The lowest BCUT2D eigenvalue weighted by molar-refractivity contribution is 0.0698. The maximum Gasteiger partial charge on any atom is 0.343 e. The van der Waals surface area contributed by atoms with Crippen LogP contribution in [-0.2, 0) is 0 Å². The number of carbonyl (C=O) groups is 1. The van der Waals surface area contributed by atoms with Crippen LogP contribution in [0.2, 0.25) is 0 Å². The lowest BCUT2D eigenvalue weighted by Crippen LogP contribution is -2.47. The fourth-order valence-corrected chi connectivity index (χ4v) is 3.71. The van der Waals surface area contributed by atoms with E-state index in [1.54, 1.807) is 0 Å². The first-order chi connectivity index (χ1) is 13.6. The van der Waals surface area contributed by atoms with E-state index in [2.05, 4.69) is 42.1 Å². The minimum atomic E-state index is -1.02. The molecule has 3 aromatic rings. The summed E-state index contributed by atoms with van der Waals surface area (Å²) in [4.78, 5) is 16.3. The molecule has 0 unspecified atom stereocenters. The summed E-state index contributed by atoms with van der Waals surface area (Å²) in [5.74, 6) is -0.306. The van der Waals surface area contributed by atoms with Gasteiger partial charge in [0.15, 0.2) is 17.1 Å². The molecular formula is C22H23N3O3. The molecule has 28 heavy (non-hydrogen) atoms. The first-order valence-corrected chi connectivity index (χ1v) is 9.40. The number of nitrogens with zero attached hydrogens (tertiary/aromatic N) is 3. The van der Waals surface area contributed by atoms with Crippen LogP contribution in [0.25, 0.3) is 11.3 Å². The van der Waals surface area contributed by atoms with Gasteiger partial charge in [0.2, 0.25) is 0 Å². The van der Waals surface area contributed by atoms with Crippen LogP contribution in [-0.4, -0.2) is 42.4 Å². The maximum atomic E-state index is 12.0. The van der Waals surface area contributed by atoms with Crippen molar-refractivity contribution in [2.24, 2.45) is 0 Å². The molecule has 0 bridgehead atoms. The fourth-order valence-electron chi connectivity index (χ4n) is 3.71. The molecule has 4 rings (SSSR count). The van der Waals surface area contributed by atoms with Crippen molar-refractivity contribution < 1.29 is 14.4 Å². The second-order valence-corrected chi connectivity index (χ2v) is 7.07. The highest BCUT2D eigenvalue weighted by Crippen LogP contribution is 2.32. The smallest absolute Gasteiger partial charge is 0.343 e. The molecule has 1 saturated heterocycles. The van der Waals surface area contributed by atoms with Gasteiger partial charge in [0, 0.05) is 37.4 Å². The van der Waals surface area contributed by atoms with Crippen molar-refractivity contribution in [3.8, 4) is 11.3 Å². The van der Waals surface area contributed by atoms with E-state index in [1.165, 1.54) is 16.8 Å². The zero-order valence-electron chi connectivity index (χ0n) is 16.1. The van der Waals surface area contributed by atoms with Crippen molar-refractivity contribution in [2.45, 2.75) is 13.8 Å². The van der Waals surface area contributed by atoms with E-state index < -0.39 is 5.97 Å². The molecule has 2 aromatic carbocycles. The molecule has 0 spiro atoms. The molecule has 0 aliphatic carbocycles. The van der Waals surface area contributed by atoms with Crippen molar-refractivity contribution >= 4 is 17.5 Å². The minimum Gasteiger partial charge on any atom is -0.477 e. The molecule has 6 nitrogen and oxygen atoms in total. The van der Waals surface area contributed by atoms with E-state index >= 15 is 0 Å². The topological polar surface area (TPSA) is 69.8 Å². The summed E-state index contributed by atoms with van der Waals surface area (Å²) >= 11 is 0. The predicted molar refractivity (Wildman–Crippen MR) is 109 cm³/mol. The summed E-state index contributed by atoms with van der Waals surface area (Å²) in [6, 6.07) is 15.6. The Balaban J connectivity index is 1.58. The monoisotopic (exact) mass is 377 g/mol. The fraction of sp³-hybridized carbons (Fsp3) is 0.273. The van der Waals surface area contributed by atoms with E-state index in [9.17, 15) is 9.90 Å². The molecule has 1 aromatic heterocycles. The Hall–Kier alpha value is -3.28. The van der Waals surface area contributed by atoms with Gasteiger partial charge < -0.3 is 19.4 Å². The first kappa shape index (κ1) is 18.1. The molecule has 0 radical (unpaired) electrons. The highest BCUT2D eigenvalue weighted by molar-refractivity contribution is 5.99. The molecular weight excluding hydrogens is 354 g/mol. The van der Waals surface area contributed by atoms with E-state index in [1.807, 2.05) is 35.2 Å². The van der Waals surface area contributed by atoms with Crippen LogP contribution < -0.4 is 9.80 Å². The van der Waals surface area contributed by atoms with Crippen LogP contribution in [0.4, 0.5) is 11.5 Å². The number of hydrogen-bond donors (Lipinski definition) is 1. The van der Waals surface area contributed by atoms with E-state index in [4.69, 9.17) is 4.52 Å². The summed E-state index contributed by atoms with van der Waals surface area (Å²) in [5, 5.41) is 13.9. The number of piperazine rings is 1. The number of benzene rings is 2. The lowest BCUT2D eigenvalue weighted by Gasteiger charge is -2.37. The third kappa shape index (κ3) is 3.22. The maximum absolute atomic E-state index is 12.0. The van der Waals surface area contributed by atoms with Gasteiger partial charge in [0.1, 0.15) is 0 Å². The Labute approximate surface area is 164 Å². The number of anilines is 2. The average Bonchev–Trinajstić information content (AvgIpc) is 3.16. The van der Waals surface area contributed by atoms with Crippen LogP contribution in [0.15, 0.2) is 53.1 Å². The third-order valence-electron chi connectivity index (χ3n) is 5.42.